The molecule has 0 heterocycles. The van der Waals surface area contributed by atoms with Gasteiger partial charge in [-0.05, 0) is 71.0 Å². The molecule has 38 heavy (non-hydrogen) atoms. The first-order chi connectivity index (χ1) is 18.2. The number of carbonyl (C=O) groups is 1. The molecule has 1 unspecified atom stereocenters. The third-order valence-corrected chi connectivity index (χ3v) is 6.11. The minimum Gasteiger partial charge on any atom is -0.497 e. The molecule has 0 aliphatic heterocycles. The maximum absolute atomic E-state index is 14.9. The number of benzene rings is 3. The van der Waals surface area contributed by atoms with E-state index in [1.807, 2.05) is 75.4 Å². The summed E-state index contributed by atoms with van der Waals surface area (Å²) in [4.78, 5) is 11.8. The van der Waals surface area contributed by atoms with Crippen LogP contribution in [0.2, 0.25) is 0 Å². The molecule has 0 aliphatic rings. The number of esters is 1. The Morgan fingerprint density at radius 2 is 1.58 bits per heavy atom. The van der Waals surface area contributed by atoms with E-state index in [2.05, 4.69) is 20.8 Å². The molecule has 3 rings (SSSR count). The largest absolute Gasteiger partial charge is 0.497 e. The van der Waals surface area contributed by atoms with E-state index in [1.165, 1.54) is 13.2 Å². The van der Waals surface area contributed by atoms with Gasteiger partial charge in [0.25, 0.3) is 0 Å². The molecular weight excluding hydrogens is 479 g/mol. The van der Waals surface area contributed by atoms with Crippen LogP contribution >= 0.6 is 0 Å². The summed E-state index contributed by atoms with van der Waals surface area (Å²) in [5.41, 5.74) is 4.15. The van der Waals surface area contributed by atoms with E-state index in [9.17, 15) is 9.18 Å². The van der Waals surface area contributed by atoms with Crippen molar-refractivity contribution in [1.82, 2.24) is 0 Å². The van der Waals surface area contributed by atoms with Crippen molar-refractivity contribution in [3.63, 3.8) is 0 Å². The first-order valence-electron chi connectivity index (χ1n) is 13.1. The van der Waals surface area contributed by atoms with Crippen molar-refractivity contribution in [1.29, 1.82) is 0 Å². The van der Waals surface area contributed by atoms with Crippen LogP contribution in [0.5, 0.6) is 11.5 Å². The van der Waals surface area contributed by atoms with E-state index in [0.717, 1.165) is 22.3 Å². The summed E-state index contributed by atoms with van der Waals surface area (Å²) in [6, 6.07) is 18.6. The minimum atomic E-state index is -0.294. The van der Waals surface area contributed by atoms with E-state index in [-0.39, 0.29) is 29.5 Å². The Morgan fingerprint density at radius 3 is 2.16 bits per heavy atom. The van der Waals surface area contributed by atoms with E-state index in [0.29, 0.717) is 23.7 Å². The quantitative estimate of drug-likeness (QED) is 0.209. The molecule has 3 aromatic rings. The number of ether oxygens (including phenoxy) is 3. The normalized spacial score (nSPS) is 11.9. The third kappa shape index (κ3) is 8.20. The molecule has 0 amide bonds. The van der Waals surface area contributed by atoms with E-state index in [4.69, 9.17) is 14.2 Å². The first-order valence-corrected chi connectivity index (χ1v) is 13.1. The maximum Gasteiger partial charge on any atom is 0.306 e. The Balaban J connectivity index is 0.00000247. The van der Waals surface area contributed by atoms with Gasteiger partial charge in [0.1, 0.15) is 23.9 Å². The van der Waals surface area contributed by atoms with Crippen molar-refractivity contribution in [3.8, 4) is 22.6 Å². The number of hydrogen-bond donors (Lipinski definition) is 0. The smallest absolute Gasteiger partial charge is 0.306 e. The van der Waals surface area contributed by atoms with Gasteiger partial charge in [0.15, 0.2) is 0 Å². The van der Waals surface area contributed by atoms with Crippen molar-refractivity contribution in [2.24, 2.45) is 0 Å². The highest BCUT2D eigenvalue weighted by Crippen LogP contribution is 2.37. The molecule has 0 bridgehead atoms. The fourth-order valence-corrected chi connectivity index (χ4v) is 4.17. The zero-order valence-electron chi connectivity index (χ0n) is 23.9. The molecule has 5 heteroatoms. The molecule has 3 aromatic carbocycles. The van der Waals surface area contributed by atoms with Gasteiger partial charge in [-0.15, -0.1) is 0 Å². The molecule has 204 valence electrons. The van der Waals surface area contributed by atoms with Crippen LogP contribution in [0.4, 0.5) is 4.39 Å². The molecule has 0 spiro atoms. The van der Waals surface area contributed by atoms with Gasteiger partial charge in [0.05, 0.1) is 20.6 Å². The predicted octanol–water partition coefficient (Wildman–Crippen LogP) is 8.63. The fraction of sp³-hybridized carbons (Fsp3) is 0.364. The van der Waals surface area contributed by atoms with Crippen molar-refractivity contribution in [2.75, 3.05) is 14.2 Å². The van der Waals surface area contributed by atoms with Crippen molar-refractivity contribution in [2.45, 2.75) is 65.9 Å². The highest BCUT2D eigenvalue weighted by Gasteiger charge is 2.21. The topological polar surface area (TPSA) is 44.8 Å². The molecule has 0 saturated carbocycles. The summed E-state index contributed by atoms with van der Waals surface area (Å²) in [6.07, 6.45) is 4.20. The molecule has 4 nitrogen and oxygen atoms in total. The van der Waals surface area contributed by atoms with Gasteiger partial charge in [0.2, 0.25) is 0 Å². The summed E-state index contributed by atoms with van der Waals surface area (Å²) in [5, 5.41) is 0. The van der Waals surface area contributed by atoms with Gasteiger partial charge in [0, 0.05) is 11.5 Å². The second-order valence-corrected chi connectivity index (χ2v) is 9.75. The molecule has 0 aromatic heterocycles. The second-order valence-electron chi connectivity index (χ2n) is 9.75. The van der Waals surface area contributed by atoms with Crippen molar-refractivity contribution in [3.05, 3.63) is 95.3 Å². The fourth-order valence-electron chi connectivity index (χ4n) is 4.17. The number of halogens is 1. The number of rotatable bonds is 9. The van der Waals surface area contributed by atoms with E-state index < -0.39 is 0 Å². The zero-order valence-corrected chi connectivity index (χ0v) is 23.9. The third-order valence-electron chi connectivity index (χ3n) is 6.11. The van der Waals surface area contributed by atoms with Crippen LogP contribution in [-0.2, 0) is 21.6 Å². The zero-order chi connectivity index (χ0) is 28.3. The van der Waals surface area contributed by atoms with Crippen LogP contribution in [-0.4, -0.2) is 20.2 Å². The SMILES string of the molecule is C/C=C\C(CC(=O)OC)c1ccc(OCc2ccc(C(C)(C)C)c(-c3cc(OC)ccc3F)c2)cc1.CC. The average Bonchev–Trinajstić information content (AvgIpc) is 2.92. The number of hydrogen-bond acceptors (Lipinski definition) is 4. The number of methoxy groups -OCH3 is 2. The lowest BCUT2D eigenvalue weighted by Gasteiger charge is -2.24. The van der Waals surface area contributed by atoms with Gasteiger partial charge in [-0.3, -0.25) is 4.79 Å². The molecule has 1 atom stereocenters. The van der Waals surface area contributed by atoms with Crippen LogP contribution in [0.1, 0.15) is 70.6 Å². The monoisotopic (exact) mass is 520 g/mol. The Morgan fingerprint density at radius 1 is 0.921 bits per heavy atom. The number of carbonyl (C=O) groups excluding carboxylic acids is 1. The maximum atomic E-state index is 14.9. The Labute approximate surface area is 227 Å². The van der Waals surface area contributed by atoms with Crippen LogP contribution < -0.4 is 9.47 Å². The van der Waals surface area contributed by atoms with E-state index >= 15 is 0 Å². The lowest BCUT2D eigenvalue weighted by atomic mass is 9.81. The Kier molecular flexibility index (Phi) is 11.6. The molecule has 0 fully saturated rings. The number of allylic oxidation sites excluding steroid dienone is 2. The summed E-state index contributed by atoms with van der Waals surface area (Å²) in [7, 11) is 2.97. The van der Waals surface area contributed by atoms with Gasteiger partial charge in [-0.2, -0.15) is 0 Å². The Bertz CT molecular complexity index is 1210. The predicted molar refractivity (Wildman–Crippen MR) is 153 cm³/mol. The van der Waals surface area contributed by atoms with Crippen LogP contribution in [0.3, 0.4) is 0 Å². The van der Waals surface area contributed by atoms with Crippen LogP contribution in [0, 0.1) is 5.82 Å². The summed E-state index contributed by atoms with van der Waals surface area (Å²) in [6.45, 7) is 12.6. The Hall–Kier alpha value is -3.60. The molecule has 0 aliphatic carbocycles. The second kappa shape index (κ2) is 14.4. The highest BCUT2D eigenvalue weighted by molar-refractivity contribution is 5.72. The summed E-state index contributed by atoms with van der Waals surface area (Å²) < 4.78 is 31.1. The lowest BCUT2D eigenvalue weighted by molar-refractivity contribution is -0.140. The van der Waals surface area contributed by atoms with Crippen molar-refractivity contribution < 1.29 is 23.4 Å². The summed E-state index contributed by atoms with van der Waals surface area (Å²) in [5.74, 6) is 0.723. The van der Waals surface area contributed by atoms with Gasteiger partial charge in [-0.25, -0.2) is 4.39 Å². The van der Waals surface area contributed by atoms with Gasteiger partial charge in [-0.1, -0.05) is 71.0 Å². The minimum absolute atomic E-state index is 0.0539. The molecule has 0 radical (unpaired) electrons. The van der Waals surface area contributed by atoms with Crippen molar-refractivity contribution >= 4 is 5.97 Å². The molecule has 0 saturated heterocycles. The molecule has 0 N–H and O–H groups in total. The standard InChI is InChI=1S/C31H35FO4.C2H6/c1-7-8-23(18-30(33)35-6)22-10-12-24(13-11-22)36-20-21-9-15-28(31(2,3)4)26(17-21)27-19-25(34-5)14-16-29(27)32;1-2/h7-17,19,23H,18,20H2,1-6H3;1-2H3/b8-7-;. The molecular formula is C33H41FO4. The lowest BCUT2D eigenvalue weighted by Crippen LogP contribution is -2.13. The van der Waals surface area contributed by atoms with Crippen LogP contribution in [0.25, 0.3) is 11.1 Å². The highest BCUT2D eigenvalue weighted by atomic mass is 19.1. The summed E-state index contributed by atoms with van der Waals surface area (Å²) >= 11 is 0. The average molecular weight is 521 g/mol. The van der Waals surface area contributed by atoms with Gasteiger partial charge < -0.3 is 14.2 Å². The first kappa shape index (κ1) is 30.6. The van der Waals surface area contributed by atoms with E-state index in [1.54, 1.807) is 19.2 Å². The van der Waals surface area contributed by atoms with Crippen LogP contribution in [0.15, 0.2) is 72.8 Å². The van der Waals surface area contributed by atoms with Gasteiger partial charge >= 0.3 is 5.97 Å².